The smallest absolute Gasteiger partial charge is 0.289 e. The molecule has 0 bridgehead atoms. The van der Waals surface area contributed by atoms with E-state index in [4.69, 9.17) is 0 Å². The van der Waals surface area contributed by atoms with Gasteiger partial charge in [-0.15, -0.1) is 13.2 Å². The first-order chi connectivity index (χ1) is 8.70. The van der Waals surface area contributed by atoms with Crippen LogP contribution in [0.2, 0.25) is 0 Å². The van der Waals surface area contributed by atoms with Crippen LogP contribution >= 0.6 is 0 Å². The van der Waals surface area contributed by atoms with Crippen molar-refractivity contribution in [3.05, 3.63) is 70.4 Å². The number of rotatable bonds is 4. The van der Waals surface area contributed by atoms with Crippen LogP contribution in [-0.2, 0) is 13.1 Å². The molecule has 1 aromatic heterocycles. The lowest BCUT2D eigenvalue weighted by atomic mass is 10.2. The average molecular weight is 242 g/mol. The zero-order valence-electron chi connectivity index (χ0n) is 10.0. The first-order valence-electron chi connectivity index (χ1n) is 5.65. The maximum Gasteiger partial charge on any atom is 0.332 e. The molecular weight excluding hydrogens is 228 g/mol. The lowest BCUT2D eigenvalue weighted by Gasteiger charge is -2.11. The van der Waals surface area contributed by atoms with Crippen LogP contribution in [0, 0.1) is 0 Å². The van der Waals surface area contributed by atoms with E-state index in [2.05, 4.69) is 13.2 Å². The van der Waals surface area contributed by atoms with Crippen molar-refractivity contribution >= 4 is 10.9 Å². The molecule has 1 aromatic carbocycles. The number of benzene rings is 1. The van der Waals surface area contributed by atoms with Gasteiger partial charge >= 0.3 is 5.69 Å². The summed E-state index contributed by atoms with van der Waals surface area (Å²) in [4.78, 5) is 24.4. The summed E-state index contributed by atoms with van der Waals surface area (Å²) < 4.78 is 2.71. The van der Waals surface area contributed by atoms with Gasteiger partial charge in [-0.3, -0.25) is 13.9 Å². The van der Waals surface area contributed by atoms with Crippen LogP contribution in [0.1, 0.15) is 0 Å². The minimum Gasteiger partial charge on any atom is -0.289 e. The minimum absolute atomic E-state index is 0.208. The van der Waals surface area contributed by atoms with Crippen LogP contribution in [0.5, 0.6) is 0 Å². The van der Waals surface area contributed by atoms with Gasteiger partial charge in [-0.05, 0) is 12.1 Å². The summed E-state index contributed by atoms with van der Waals surface area (Å²) in [5.74, 6) is 0. The van der Waals surface area contributed by atoms with E-state index in [1.54, 1.807) is 30.3 Å². The fourth-order valence-electron chi connectivity index (χ4n) is 1.97. The quantitative estimate of drug-likeness (QED) is 0.763. The zero-order valence-corrected chi connectivity index (χ0v) is 10.0. The highest BCUT2D eigenvalue weighted by Crippen LogP contribution is 2.07. The molecule has 0 unspecified atom stereocenters. The summed E-state index contributed by atoms with van der Waals surface area (Å²) in [5, 5.41) is 0.529. The van der Waals surface area contributed by atoms with Crippen molar-refractivity contribution < 1.29 is 0 Å². The molecule has 0 saturated carbocycles. The van der Waals surface area contributed by atoms with Gasteiger partial charge in [-0.2, -0.15) is 0 Å². The van der Waals surface area contributed by atoms with Crippen molar-refractivity contribution in [2.75, 3.05) is 0 Å². The summed E-state index contributed by atoms with van der Waals surface area (Å²) in [6.07, 6.45) is 3.17. The predicted molar refractivity (Wildman–Crippen MR) is 72.9 cm³/mol. The lowest BCUT2D eigenvalue weighted by Crippen LogP contribution is -2.39. The molecule has 0 amide bonds. The molecule has 0 fully saturated rings. The molecule has 0 saturated heterocycles. The van der Waals surface area contributed by atoms with Crippen LogP contribution in [0.4, 0.5) is 0 Å². The largest absolute Gasteiger partial charge is 0.332 e. The second-order valence-corrected chi connectivity index (χ2v) is 3.90. The molecule has 0 N–H and O–H groups in total. The van der Waals surface area contributed by atoms with Gasteiger partial charge in [-0.25, -0.2) is 4.79 Å². The van der Waals surface area contributed by atoms with Gasteiger partial charge < -0.3 is 0 Å². The Morgan fingerprint density at radius 1 is 1.00 bits per heavy atom. The lowest BCUT2D eigenvalue weighted by molar-refractivity contribution is 0.650. The third-order valence-corrected chi connectivity index (χ3v) is 2.76. The Hall–Kier alpha value is -2.36. The van der Waals surface area contributed by atoms with E-state index in [9.17, 15) is 9.59 Å². The molecule has 0 spiro atoms. The number of hydrogen-bond acceptors (Lipinski definition) is 2. The van der Waals surface area contributed by atoms with Crippen molar-refractivity contribution in [3.8, 4) is 0 Å². The molecule has 0 aliphatic carbocycles. The maximum absolute atomic E-state index is 12.2. The van der Waals surface area contributed by atoms with Crippen molar-refractivity contribution in [1.82, 2.24) is 9.13 Å². The first kappa shape index (κ1) is 12.1. The highest BCUT2D eigenvalue weighted by atomic mass is 16.2. The number of fused-ring (bicyclic) bond motifs is 1. The molecule has 2 rings (SSSR count). The van der Waals surface area contributed by atoms with E-state index >= 15 is 0 Å². The molecule has 4 nitrogen and oxygen atoms in total. The van der Waals surface area contributed by atoms with Crippen molar-refractivity contribution in [3.63, 3.8) is 0 Å². The van der Waals surface area contributed by atoms with E-state index in [1.165, 1.54) is 15.2 Å². The molecule has 0 radical (unpaired) electrons. The number of hydrogen-bond donors (Lipinski definition) is 0. The topological polar surface area (TPSA) is 44.0 Å². The third kappa shape index (κ3) is 1.82. The third-order valence-electron chi connectivity index (χ3n) is 2.76. The number of aromatic nitrogens is 2. The van der Waals surface area contributed by atoms with Gasteiger partial charge in [0.1, 0.15) is 0 Å². The number of para-hydroxylation sites is 1. The molecule has 1 heterocycles. The Balaban J connectivity index is 2.96. The fourth-order valence-corrected chi connectivity index (χ4v) is 1.97. The van der Waals surface area contributed by atoms with Gasteiger partial charge in [0.2, 0.25) is 0 Å². The van der Waals surface area contributed by atoms with Crippen molar-refractivity contribution in [1.29, 1.82) is 0 Å². The van der Waals surface area contributed by atoms with Crippen molar-refractivity contribution in [2.24, 2.45) is 0 Å². The summed E-state index contributed by atoms with van der Waals surface area (Å²) in [5.41, 5.74) is 0.0158. The van der Waals surface area contributed by atoms with E-state index in [-0.39, 0.29) is 17.8 Å². The first-order valence-corrected chi connectivity index (χ1v) is 5.65. The molecule has 4 heteroatoms. The second-order valence-electron chi connectivity index (χ2n) is 3.90. The monoisotopic (exact) mass is 242 g/mol. The Kier molecular flexibility index (Phi) is 3.28. The highest BCUT2D eigenvalue weighted by Gasteiger charge is 2.10. The van der Waals surface area contributed by atoms with Gasteiger partial charge in [0.05, 0.1) is 10.9 Å². The standard InChI is InChI=1S/C14H14N2O2/c1-3-9-15-12-8-6-5-7-11(12)13(17)16(10-4-2)14(15)18/h3-8H,1-2,9-10H2. The van der Waals surface area contributed by atoms with Gasteiger partial charge in [0.25, 0.3) is 5.56 Å². The summed E-state index contributed by atoms with van der Waals surface area (Å²) in [6, 6.07) is 7.07. The van der Waals surface area contributed by atoms with E-state index in [0.29, 0.717) is 17.4 Å². The van der Waals surface area contributed by atoms with Crippen LogP contribution < -0.4 is 11.2 Å². The molecule has 2 aromatic rings. The van der Waals surface area contributed by atoms with E-state index in [1.807, 2.05) is 0 Å². The Bertz CT molecular complexity index is 723. The Labute approximate surface area is 104 Å². The normalized spacial score (nSPS) is 10.4. The van der Waals surface area contributed by atoms with Crippen molar-refractivity contribution in [2.45, 2.75) is 13.1 Å². The van der Waals surface area contributed by atoms with Crippen LogP contribution in [0.15, 0.2) is 59.2 Å². The Morgan fingerprint density at radius 3 is 2.28 bits per heavy atom. The maximum atomic E-state index is 12.2. The molecule has 0 aliphatic rings. The van der Waals surface area contributed by atoms with Gasteiger partial charge in [0.15, 0.2) is 0 Å². The predicted octanol–water partition coefficient (Wildman–Crippen LogP) is 1.54. The molecular formula is C14H14N2O2. The van der Waals surface area contributed by atoms with E-state index in [0.717, 1.165) is 0 Å². The number of nitrogens with zero attached hydrogens (tertiary/aromatic N) is 2. The molecule has 18 heavy (non-hydrogen) atoms. The second kappa shape index (κ2) is 4.87. The van der Waals surface area contributed by atoms with Gasteiger partial charge in [-0.1, -0.05) is 24.3 Å². The SMILES string of the molecule is C=CCn1c(=O)c2ccccc2n(CC=C)c1=O. The molecule has 0 atom stereocenters. The minimum atomic E-state index is -0.335. The molecule has 0 aliphatic heterocycles. The van der Waals surface area contributed by atoms with E-state index < -0.39 is 0 Å². The van der Waals surface area contributed by atoms with Crippen LogP contribution in [0.25, 0.3) is 10.9 Å². The summed E-state index contributed by atoms with van der Waals surface area (Å²) >= 11 is 0. The van der Waals surface area contributed by atoms with Crippen LogP contribution in [-0.4, -0.2) is 9.13 Å². The Morgan fingerprint density at radius 2 is 1.61 bits per heavy atom. The zero-order chi connectivity index (χ0) is 13.1. The average Bonchev–Trinajstić information content (AvgIpc) is 2.39. The highest BCUT2D eigenvalue weighted by molar-refractivity contribution is 5.77. The fraction of sp³-hybridized carbons (Fsp3) is 0.143. The molecule has 92 valence electrons. The summed E-state index contributed by atoms with van der Waals surface area (Å²) in [7, 11) is 0. The summed E-state index contributed by atoms with van der Waals surface area (Å²) in [6.45, 7) is 7.78. The number of allylic oxidation sites excluding steroid dienone is 2. The van der Waals surface area contributed by atoms with Gasteiger partial charge in [0, 0.05) is 13.1 Å². The van der Waals surface area contributed by atoms with Crippen LogP contribution in [0.3, 0.4) is 0 Å².